The molecule has 2 aromatic carbocycles. The van der Waals surface area contributed by atoms with Crippen LogP contribution in [0.3, 0.4) is 0 Å². The summed E-state index contributed by atoms with van der Waals surface area (Å²) in [5.41, 5.74) is 14.4. The highest BCUT2D eigenvalue weighted by Gasteiger charge is 2.38. The first kappa shape index (κ1) is 23.0. The van der Waals surface area contributed by atoms with Crippen molar-refractivity contribution in [1.82, 2.24) is 15.1 Å². The SMILES string of the molecule is Bc1c(B)c(-n2cc3cccc(C(N)=O)c3n2)c(B)c(B)c1C1C(B)NC(B)C(B)C1B. The lowest BCUT2D eigenvalue weighted by Gasteiger charge is -2.46. The molecular weight excluding hydrogens is 387 g/mol. The predicted molar refractivity (Wildman–Crippen MR) is 157 cm³/mol. The first-order chi connectivity index (χ1) is 15.0. The number of nitrogens with one attached hydrogen (secondary N) is 1. The van der Waals surface area contributed by atoms with E-state index in [9.17, 15) is 4.79 Å². The van der Waals surface area contributed by atoms with Gasteiger partial charge in [0.1, 0.15) is 68.3 Å². The van der Waals surface area contributed by atoms with Crippen molar-refractivity contribution in [1.29, 1.82) is 0 Å². The molecule has 0 radical (unpaired) electrons. The molecule has 5 atom stereocenters. The number of rotatable bonds is 3. The van der Waals surface area contributed by atoms with Crippen LogP contribution in [0.2, 0.25) is 11.6 Å². The van der Waals surface area contributed by atoms with Crippen molar-refractivity contribution in [2.24, 2.45) is 5.73 Å². The van der Waals surface area contributed by atoms with Gasteiger partial charge in [0.05, 0.1) is 11.3 Å². The Morgan fingerprint density at radius 1 is 0.938 bits per heavy atom. The number of hydrogen-bond donors (Lipinski definition) is 2. The number of primary amides is 1. The lowest BCUT2D eigenvalue weighted by molar-refractivity contribution is 0.100. The molecule has 0 spiro atoms. The second-order valence-corrected chi connectivity index (χ2v) is 9.93. The maximum atomic E-state index is 11.9. The zero-order valence-electron chi connectivity index (χ0n) is 20.6. The number of piperidine rings is 1. The number of carbonyl (C=O) groups excluding carboxylic acids is 1. The van der Waals surface area contributed by atoms with Gasteiger partial charge in [-0.1, -0.05) is 51.2 Å². The largest absolute Gasteiger partial charge is 0.366 e. The van der Waals surface area contributed by atoms with Gasteiger partial charge in [-0.2, -0.15) is 5.10 Å². The van der Waals surface area contributed by atoms with Gasteiger partial charge < -0.3 is 11.1 Å². The standard InChI is InChI=1S/C19H28B8N4O/c20-9-7(8-11(22)14(25)18(27)29-17(8)26)10(21)13(24)16(12(9)23)31-4-5-2-1-3-6(19(28)32)15(5)30-31/h1-4,8,11,14,17-18,29H,20-27H2,(H2,28,32). The van der Waals surface area contributed by atoms with Crippen LogP contribution in [0.5, 0.6) is 0 Å². The Morgan fingerprint density at radius 2 is 1.56 bits per heavy atom. The molecule has 32 heavy (non-hydrogen) atoms. The summed E-state index contributed by atoms with van der Waals surface area (Å²) in [5.74, 6) is 2.16. The average Bonchev–Trinajstić information content (AvgIpc) is 3.16. The van der Waals surface area contributed by atoms with Crippen LogP contribution >= 0.6 is 0 Å². The molecule has 2 heterocycles. The molecule has 3 aromatic rings. The molecule has 1 amide bonds. The van der Waals surface area contributed by atoms with E-state index in [-0.39, 0.29) is 0 Å². The van der Waals surface area contributed by atoms with E-state index in [1.54, 1.807) is 6.07 Å². The Hall–Kier alpha value is -2.14. The molecule has 154 valence electrons. The molecule has 1 aromatic heterocycles. The van der Waals surface area contributed by atoms with E-state index in [4.69, 9.17) is 10.8 Å². The third-order valence-corrected chi connectivity index (χ3v) is 8.26. The van der Waals surface area contributed by atoms with Gasteiger partial charge in [-0.3, -0.25) is 4.79 Å². The van der Waals surface area contributed by atoms with Crippen molar-refractivity contribution in [3.05, 3.63) is 35.5 Å². The summed E-state index contributed by atoms with van der Waals surface area (Å²) in [5, 5.41) is 9.54. The molecule has 0 saturated carbocycles. The quantitative estimate of drug-likeness (QED) is 0.418. The predicted octanol–water partition coefficient (Wildman–Crippen LogP) is -8.39. The Labute approximate surface area is 197 Å². The highest BCUT2D eigenvalue weighted by Crippen LogP contribution is 2.40. The maximum Gasteiger partial charge on any atom is 0.250 e. The number of carbonyl (C=O) groups is 1. The minimum Gasteiger partial charge on any atom is -0.366 e. The minimum absolute atomic E-state index is 0.420. The lowest BCUT2D eigenvalue weighted by Crippen LogP contribution is -2.57. The molecule has 1 fully saturated rings. The number of nitrogens with two attached hydrogens (primary N) is 1. The van der Waals surface area contributed by atoms with Gasteiger partial charge in [-0.15, -0.1) is 0 Å². The molecule has 4 rings (SSSR count). The van der Waals surface area contributed by atoms with E-state index in [0.717, 1.165) is 11.1 Å². The molecule has 5 unspecified atom stereocenters. The minimum atomic E-state index is -0.451. The van der Waals surface area contributed by atoms with Crippen LogP contribution in [-0.2, 0) is 0 Å². The van der Waals surface area contributed by atoms with Crippen molar-refractivity contribution in [3.63, 3.8) is 0 Å². The van der Waals surface area contributed by atoms with Crippen LogP contribution in [0, 0.1) is 0 Å². The maximum absolute atomic E-state index is 11.9. The Balaban J connectivity index is 1.90. The fraction of sp³-hybridized carbons (Fsp3) is 0.263. The molecule has 1 aliphatic rings. The molecule has 13 heteroatoms. The molecular formula is C19H28B8N4O. The average molecular weight is 415 g/mol. The number of benzene rings is 2. The van der Waals surface area contributed by atoms with Crippen molar-refractivity contribution in [2.75, 3.05) is 0 Å². The molecule has 0 bridgehead atoms. The van der Waals surface area contributed by atoms with Gasteiger partial charge in [0.25, 0.3) is 5.91 Å². The van der Waals surface area contributed by atoms with E-state index in [2.05, 4.69) is 68.1 Å². The van der Waals surface area contributed by atoms with E-state index in [1.807, 2.05) is 23.0 Å². The number of aromatic nitrogens is 2. The zero-order chi connectivity index (χ0) is 23.5. The number of hydrogen-bond acceptors (Lipinski definition) is 3. The smallest absolute Gasteiger partial charge is 0.250 e. The van der Waals surface area contributed by atoms with Gasteiger partial charge >= 0.3 is 0 Å². The molecule has 1 saturated heterocycles. The normalized spacial score (nSPS) is 25.7. The van der Waals surface area contributed by atoms with Gasteiger partial charge in [-0.25, -0.2) is 4.68 Å². The van der Waals surface area contributed by atoms with Crippen LogP contribution < -0.4 is 32.9 Å². The summed E-state index contributed by atoms with van der Waals surface area (Å²) < 4.78 is 1.93. The van der Waals surface area contributed by atoms with Crippen molar-refractivity contribution in [2.45, 2.75) is 29.4 Å². The van der Waals surface area contributed by atoms with Crippen LogP contribution in [-0.4, -0.2) is 90.3 Å². The van der Waals surface area contributed by atoms with Gasteiger partial charge in [-0.05, 0) is 23.9 Å². The summed E-state index contributed by atoms with van der Waals surface area (Å²) in [6, 6.07) is 5.57. The zero-order valence-corrected chi connectivity index (χ0v) is 20.6. The molecule has 0 aliphatic carbocycles. The lowest BCUT2D eigenvalue weighted by atomic mass is 9.47. The molecule has 1 aliphatic heterocycles. The highest BCUT2D eigenvalue weighted by atomic mass is 16.1. The number of nitrogens with zero attached hydrogens (tertiary/aromatic N) is 2. The topological polar surface area (TPSA) is 72.9 Å². The number of fused-ring (bicyclic) bond motifs is 1. The van der Waals surface area contributed by atoms with E-state index in [0.29, 0.717) is 40.5 Å². The van der Waals surface area contributed by atoms with E-state index in [1.165, 1.54) is 27.4 Å². The molecule has 5 nitrogen and oxygen atoms in total. The summed E-state index contributed by atoms with van der Waals surface area (Å²) in [6.45, 7) is 0. The van der Waals surface area contributed by atoms with Crippen LogP contribution in [0.4, 0.5) is 0 Å². The van der Waals surface area contributed by atoms with Crippen LogP contribution in [0.1, 0.15) is 21.8 Å². The second-order valence-electron chi connectivity index (χ2n) is 9.93. The van der Waals surface area contributed by atoms with Crippen LogP contribution in [0.25, 0.3) is 16.6 Å². The first-order valence-electron chi connectivity index (χ1n) is 11.7. The van der Waals surface area contributed by atoms with E-state index < -0.39 is 5.91 Å². The fourth-order valence-electron chi connectivity index (χ4n) is 5.94. The Morgan fingerprint density at radius 3 is 2.16 bits per heavy atom. The summed E-state index contributed by atoms with van der Waals surface area (Å²) >= 11 is 0. The first-order valence-corrected chi connectivity index (χ1v) is 11.7. The van der Waals surface area contributed by atoms with Crippen molar-refractivity contribution in [3.8, 4) is 5.69 Å². The third kappa shape index (κ3) is 3.49. The Kier molecular flexibility index (Phi) is 5.99. The Bertz CT molecular complexity index is 1200. The van der Waals surface area contributed by atoms with Crippen LogP contribution in [0.15, 0.2) is 24.4 Å². The number of amides is 1. The van der Waals surface area contributed by atoms with Crippen molar-refractivity contribution >= 4 is 101 Å². The van der Waals surface area contributed by atoms with E-state index >= 15 is 0 Å². The summed E-state index contributed by atoms with van der Waals surface area (Å²) in [4.78, 5) is 11.9. The molecule has 3 N–H and O–H groups in total. The third-order valence-electron chi connectivity index (χ3n) is 8.26. The van der Waals surface area contributed by atoms with Crippen molar-refractivity contribution < 1.29 is 4.79 Å². The monoisotopic (exact) mass is 416 g/mol. The van der Waals surface area contributed by atoms with Gasteiger partial charge in [0.15, 0.2) is 0 Å². The fourth-order valence-corrected chi connectivity index (χ4v) is 5.94. The second kappa shape index (κ2) is 8.33. The van der Waals surface area contributed by atoms with Gasteiger partial charge in [0.2, 0.25) is 0 Å². The van der Waals surface area contributed by atoms with Gasteiger partial charge in [0, 0.05) is 11.6 Å². The summed E-state index contributed by atoms with van der Waals surface area (Å²) in [7, 11) is 18.3. The highest BCUT2D eigenvalue weighted by molar-refractivity contribution is 6.59. The summed E-state index contributed by atoms with van der Waals surface area (Å²) in [6.07, 6.45) is 2.01.